The molecule has 1 saturated heterocycles. The van der Waals surface area contributed by atoms with Gasteiger partial charge in [0.25, 0.3) is 5.91 Å². The quantitative estimate of drug-likeness (QED) is 0.328. The van der Waals surface area contributed by atoms with Crippen molar-refractivity contribution >= 4 is 23.6 Å². The van der Waals surface area contributed by atoms with E-state index in [2.05, 4.69) is 21.9 Å². The van der Waals surface area contributed by atoms with Crippen molar-refractivity contribution in [1.82, 2.24) is 19.8 Å². The maximum atomic E-state index is 13.6. The fourth-order valence-electron chi connectivity index (χ4n) is 4.99. The number of hydrogen-bond acceptors (Lipinski definition) is 7. The Kier molecular flexibility index (Phi) is 9.68. The lowest BCUT2D eigenvalue weighted by atomic mass is 10.0. The first-order chi connectivity index (χ1) is 20.8. The third-order valence-corrected chi connectivity index (χ3v) is 7.30. The molecule has 0 aliphatic carbocycles. The van der Waals surface area contributed by atoms with E-state index in [-0.39, 0.29) is 41.1 Å². The van der Waals surface area contributed by atoms with Gasteiger partial charge in [0.15, 0.2) is 6.10 Å². The summed E-state index contributed by atoms with van der Waals surface area (Å²) >= 11 is 0. The number of aromatic nitrogens is 2. The van der Waals surface area contributed by atoms with E-state index in [1.165, 1.54) is 36.5 Å². The summed E-state index contributed by atoms with van der Waals surface area (Å²) in [6.07, 6.45) is -3.11. The molecule has 2 aromatic heterocycles. The van der Waals surface area contributed by atoms with Crippen molar-refractivity contribution in [2.24, 2.45) is 0 Å². The Labute approximate surface area is 252 Å². The monoisotopic (exact) mass is 611 g/mol. The molecule has 1 aliphatic heterocycles. The molecule has 4 rings (SSSR count). The molecule has 2 N–H and O–H groups in total. The number of aromatic carboxylic acids is 1. The highest BCUT2D eigenvalue weighted by Crippen LogP contribution is 2.32. The summed E-state index contributed by atoms with van der Waals surface area (Å²) in [6.45, 7) is 9.89. The van der Waals surface area contributed by atoms with Gasteiger partial charge in [-0.05, 0) is 68.3 Å². The third-order valence-electron chi connectivity index (χ3n) is 7.30. The van der Waals surface area contributed by atoms with Gasteiger partial charge in [0.1, 0.15) is 22.8 Å². The molecule has 0 bridgehead atoms. The SMILES string of the molecule is C=CC(=O)N1CCN(CC(Oc2cc(C)c(C(=O)Nc3ncccc3C)cc2C(=O)O)c2cccc(C(F)(F)F)n2)C[C@H]1C. The number of nitrogens with one attached hydrogen (secondary N) is 1. The van der Waals surface area contributed by atoms with Crippen LogP contribution in [0.2, 0.25) is 0 Å². The minimum Gasteiger partial charge on any atom is -0.482 e. The van der Waals surface area contributed by atoms with Gasteiger partial charge < -0.3 is 20.1 Å². The predicted molar refractivity (Wildman–Crippen MR) is 155 cm³/mol. The number of pyridine rings is 2. The lowest BCUT2D eigenvalue weighted by molar-refractivity contribution is -0.141. The molecule has 1 unspecified atom stereocenters. The summed E-state index contributed by atoms with van der Waals surface area (Å²) < 4.78 is 46.8. The van der Waals surface area contributed by atoms with Crippen LogP contribution in [0.25, 0.3) is 0 Å². The average Bonchev–Trinajstić information content (AvgIpc) is 2.97. The standard InChI is InChI=1S/C31H32F3N5O5/c1-5-27(40)39-13-12-38(16-20(39)4)17-25(23-9-6-10-26(36-23)31(32,33)34)44-24-14-19(3)21(15-22(24)30(42)43)29(41)37-28-18(2)8-7-11-35-28/h5-11,14-15,20,25H,1,12-13,16-17H2,2-4H3,(H,42,43)(H,35,37,41)/t20-,25?/m1/s1. The summed E-state index contributed by atoms with van der Waals surface area (Å²) in [5.74, 6) is -2.04. The van der Waals surface area contributed by atoms with Crippen LogP contribution in [0.3, 0.4) is 0 Å². The van der Waals surface area contributed by atoms with E-state index >= 15 is 0 Å². The van der Waals surface area contributed by atoms with Gasteiger partial charge in [-0.1, -0.05) is 18.7 Å². The second kappa shape index (κ2) is 13.2. The number of nitrogens with zero attached hydrogens (tertiary/aromatic N) is 4. The van der Waals surface area contributed by atoms with E-state index in [1.54, 1.807) is 30.9 Å². The van der Waals surface area contributed by atoms with Crippen LogP contribution in [0.1, 0.15) is 56.3 Å². The Morgan fingerprint density at radius 3 is 2.52 bits per heavy atom. The molecule has 0 spiro atoms. The van der Waals surface area contributed by atoms with E-state index in [0.717, 1.165) is 6.07 Å². The lowest BCUT2D eigenvalue weighted by Gasteiger charge is -2.40. The molecule has 1 aliphatic rings. The van der Waals surface area contributed by atoms with Gasteiger partial charge in [-0.25, -0.2) is 14.8 Å². The van der Waals surface area contributed by atoms with Crippen molar-refractivity contribution in [2.75, 3.05) is 31.5 Å². The molecular formula is C31H32F3N5O5. The molecule has 3 aromatic rings. The maximum Gasteiger partial charge on any atom is 0.433 e. The zero-order valence-electron chi connectivity index (χ0n) is 24.4. The number of anilines is 1. The average molecular weight is 612 g/mol. The van der Waals surface area contributed by atoms with Crippen LogP contribution in [0.5, 0.6) is 5.75 Å². The van der Waals surface area contributed by atoms with Gasteiger partial charge in [-0.15, -0.1) is 0 Å². The van der Waals surface area contributed by atoms with E-state index in [4.69, 9.17) is 4.74 Å². The largest absolute Gasteiger partial charge is 0.482 e. The number of rotatable bonds is 9. The van der Waals surface area contributed by atoms with Crippen LogP contribution >= 0.6 is 0 Å². The van der Waals surface area contributed by atoms with Crippen molar-refractivity contribution in [3.05, 3.63) is 95.0 Å². The second-order valence-corrected chi connectivity index (χ2v) is 10.5. The minimum absolute atomic E-state index is 0.0497. The van der Waals surface area contributed by atoms with Crippen molar-refractivity contribution < 1.29 is 37.4 Å². The summed E-state index contributed by atoms with van der Waals surface area (Å²) in [6, 6.07) is 9.21. The Balaban J connectivity index is 1.68. The fourth-order valence-corrected chi connectivity index (χ4v) is 4.99. The van der Waals surface area contributed by atoms with Gasteiger partial charge in [0.2, 0.25) is 5.91 Å². The smallest absolute Gasteiger partial charge is 0.433 e. The number of hydrogen-bond donors (Lipinski definition) is 2. The van der Waals surface area contributed by atoms with Crippen molar-refractivity contribution in [3.8, 4) is 5.75 Å². The Hall–Kier alpha value is -4.78. The number of ether oxygens (including phenoxy) is 1. The zero-order chi connectivity index (χ0) is 32.2. The summed E-state index contributed by atoms with van der Waals surface area (Å²) in [4.78, 5) is 49.1. The molecule has 2 amide bonds. The molecule has 0 radical (unpaired) electrons. The normalized spacial score (nSPS) is 16.2. The molecule has 10 nitrogen and oxygen atoms in total. The molecule has 44 heavy (non-hydrogen) atoms. The van der Waals surface area contributed by atoms with E-state index in [9.17, 15) is 32.7 Å². The Bertz CT molecular complexity index is 1580. The number of carbonyl (C=O) groups excluding carboxylic acids is 2. The maximum absolute atomic E-state index is 13.6. The predicted octanol–water partition coefficient (Wildman–Crippen LogP) is 4.90. The highest BCUT2D eigenvalue weighted by atomic mass is 19.4. The number of aryl methyl sites for hydroxylation is 2. The highest BCUT2D eigenvalue weighted by molar-refractivity contribution is 6.07. The number of piperazine rings is 1. The first-order valence-electron chi connectivity index (χ1n) is 13.8. The Morgan fingerprint density at radius 1 is 1.14 bits per heavy atom. The molecule has 1 fully saturated rings. The number of amides is 2. The number of carboxylic acid groups (broad SMARTS) is 1. The van der Waals surface area contributed by atoms with Crippen LogP contribution in [0.15, 0.2) is 61.3 Å². The number of halogens is 3. The molecule has 13 heteroatoms. The topological polar surface area (TPSA) is 125 Å². The van der Waals surface area contributed by atoms with Crippen LogP contribution in [-0.4, -0.2) is 74.9 Å². The van der Waals surface area contributed by atoms with Gasteiger partial charge in [-0.2, -0.15) is 13.2 Å². The third kappa shape index (κ3) is 7.40. The van der Waals surface area contributed by atoms with Gasteiger partial charge in [0.05, 0.1) is 5.69 Å². The highest BCUT2D eigenvalue weighted by Gasteiger charge is 2.35. The molecule has 1 aromatic carbocycles. The number of carboxylic acids is 1. The molecule has 2 atom stereocenters. The van der Waals surface area contributed by atoms with Crippen molar-refractivity contribution in [1.29, 1.82) is 0 Å². The van der Waals surface area contributed by atoms with Gasteiger partial charge in [-0.3, -0.25) is 14.5 Å². The fraction of sp³-hybridized carbons (Fsp3) is 0.323. The first kappa shape index (κ1) is 32.1. The van der Waals surface area contributed by atoms with Crippen LogP contribution in [-0.2, 0) is 11.0 Å². The van der Waals surface area contributed by atoms with E-state index in [1.807, 2.05) is 11.8 Å². The molecule has 3 heterocycles. The first-order valence-corrected chi connectivity index (χ1v) is 13.8. The van der Waals surface area contributed by atoms with E-state index < -0.39 is 29.9 Å². The van der Waals surface area contributed by atoms with E-state index in [0.29, 0.717) is 36.6 Å². The summed E-state index contributed by atoms with van der Waals surface area (Å²) in [5, 5.41) is 12.7. The number of carbonyl (C=O) groups is 3. The van der Waals surface area contributed by atoms with Crippen LogP contribution < -0.4 is 10.1 Å². The lowest BCUT2D eigenvalue weighted by Crippen LogP contribution is -2.54. The second-order valence-electron chi connectivity index (χ2n) is 10.5. The molecule has 232 valence electrons. The van der Waals surface area contributed by atoms with Crippen molar-refractivity contribution in [2.45, 2.75) is 39.1 Å². The summed E-state index contributed by atoms with van der Waals surface area (Å²) in [5.41, 5.74) is -0.395. The van der Waals surface area contributed by atoms with Crippen LogP contribution in [0, 0.1) is 13.8 Å². The minimum atomic E-state index is -4.71. The van der Waals surface area contributed by atoms with Crippen molar-refractivity contribution in [3.63, 3.8) is 0 Å². The molecule has 0 saturated carbocycles. The zero-order valence-corrected chi connectivity index (χ0v) is 24.4. The van der Waals surface area contributed by atoms with Crippen LogP contribution in [0.4, 0.5) is 19.0 Å². The number of benzene rings is 1. The number of alkyl halides is 3. The summed E-state index contributed by atoms with van der Waals surface area (Å²) in [7, 11) is 0. The molecular weight excluding hydrogens is 579 g/mol. The Morgan fingerprint density at radius 2 is 1.89 bits per heavy atom. The van der Waals surface area contributed by atoms with Gasteiger partial charge in [0, 0.05) is 44.0 Å². The van der Waals surface area contributed by atoms with Gasteiger partial charge >= 0.3 is 12.1 Å².